The minimum atomic E-state index is -0.457. The maximum Gasteiger partial charge on any atom is 0.350 e. The third-order valence-corrected chi connectivity index (χ3v) is 4.12. The van der Waals surface area contributed by atoms with Gasteiger partial charge in [0.2, 0.25) is 0 Å². The lowest BCUT2D eigenvalue weighted by Gasteiger charge is -2.08. The molecule has 0 radical (unpaired) electrons. The highest BCUT2D eigenvalue weighted by atomic mass is 79.9. The molecule has 20 heavy (non-hydrogen) atoms. The van der Waals surface area contributed by atoms with Gasteiger partial charge in [-0.2, -0.15) is 0 Å². The van der Waals surface area contributed by atoms with E-state index in [-0.39, 0.29) is 5.91 Å². The normalized spacial score (nSPS) is 10.2. The molecular weight excluding hydrogens is 342 g/mol. The molecule has 0 aliphatic carbocycles. The number of methoxy groups -OCH3 is 1. The summed E-state index contributed by atoms with van der Waals surface area (Å²) < 4.78 is 5.50. The van der Waals surface area contributed by atoms with Gasteiger partial charge in [-0.15, -0.1) is 11.3 Å². The highest BCUT2D eigenvalue weighted by Crippen LogP contribution is 2.24. The molecule has 4 nitrogen and oxygen atoms in total. The van der Waals surface area contributed by atoms with E-state index in [1.807, 2.05) is 19.1 Å². The van der Waals surface area contributed by atoms with E-state index in [1.54, 1.807) is 17.5 Å². The Morgan fingerprint density at radius 3 is 2.75 bits per heavy atom. The van der Waals surface area contributed by atoms with Crippen LogP contribution in [0, 0.1) is 6.92 Å². The first kappa shape index (κ1) is 14.7. The molecule has 1 aromatic carbocycles. The number of halogens is 1. The fourth-order valence-corrected chi connectivity index (χ4v) is 2.81. The smallest absolute Gasteiger partial charge is 0.350 e. The van der Waals surface area contributed by atoms with E-state index in [0.717, 1.165) is 10.0 Å². The Hall–Kier alpha value is -1.66. The molecule has 0 saturated carbocycles. The number of hydrogen-bond acceptors (Lipinski definition) is 4. The Balaban J connectivity index is 2.26. The molecule has 0 fully saturated rings. The molecule has 2 rings (SSSR count). The summed E-state index contributed by atoms with van der Waals surface area (Å²) >= 11 is 4.57. The van der Waals surface area contributed by atoms with E-state index >= 15 is 0 Å². The van der Waals surface area contributed by atoms with Gasteiger partial charge < -0.3 is 10.1 Å². The number of thiophene rings is 1. The van der Waals surface area contributed by atoms with E-state index in [1.165, 1.54) is 18.4 Å². The Labute approximate surface area is 128 Å². The van der Waals surface area contributed by atoms with Crippen molar-refractivity contribution in [2.75, 3.05) is 12.4 Å². The number of hydrogen-bond donors (Lipinski definition) is 1. The van der Waals surface area contributed by atoms with Crippen molar-refractivity contribution in [1.29, 1.82) is 0 Å². The van der Waals surface area contributed by atoms with Gasteiger partial charge in [0.15, 0.2) is 0 Å². The second kappa shape index (κ2) is 6.19. The number of esters is 1. The first-order chi connectivity index (χ1) is 9.52. The predicted molar refractivity (Wildman–Crippen MR) is 82.5 cm³/mol. The number of carbonyl (C=O) groups is 2. The summed E-state index contributed by atoms with van der Waals surface area (Å²) in [7, 11) is 1.31. The summed E-state index contributed by atoms with van der Waals surface area (Å²) in [6.45, 7) is 1.86. The summed E-state index contributed by atoms with van der Waals surface area (Å²) in [5.41, 5.74) is 1.88. The van der Waals surface area contributed by atoms with Crippen molar-refractivity contribution in [2.24, 2.45) is 0 Å². The van der Waals surface area contributed by atoms with Crippen LogP contribution in [0.15, 0.2) is 34.1 Å². The van der Waals surface area contributed by atoms with Crippen LogP contribution in [0.5, 0.6) is 0 Å². The largest absolute Gasteiger partial charge is 0.465 e. The predicted octanol–water partition coefficient (Wildman–Crippen LogP) is 3.86. The molecule has 0 bridgehead atoms. The van der Waals surface area contributed by atoms with Crippen molar-refractivity contribution < 1.29 is 14.3 Å². The van der Waals surface area contributed by atoms with Gasteiger partial charge in [-0.1, -0.05) is 22.0 Å². The number of aryl methyl sites for hydroxylation is 1. The molecule has 0 spiro atoms. The maximum absolute atomic E-state index is 12.3. The Morgan fingerprint density at radius 2 is 2.05 bits per heavy atom. The van der Waals surface area contributed by atoms with Crippen LogP contribution in [0.1, 0.15) is 25.6 Å². The topological polar surface area (TPSA) is 55.4 Å². The van der Waals surface area contributed by atoms with Crippen LogP contribution in [0.2, 0.25) is 0 Å². The second-order valence-corrected chi connectivity index (χ2v) is 5.90. The molecular formula is C14H12BrNO3S. The quantitative estimate of drug-likeness (QED) is 0.852. The zero-order chi connectivity index (χ0) is 14.7. The lowest BCUT2D eigenvalue weighted by atomic mass is 10.1. The van der Waals surface area contributed by atoms with Crippen molar-refractivity contribution in [2.45, 2.75) is 6.92 Å². The van der Waals surface area contributed by atoms with Gasteiger partial charge in [0, 0.05) is 10.0 Å². The fourth-order valence-electron chi connectivity index (χ4n) is 1.69. The first-order valence-corrected chi connectivity index (χ1v) is 7.43. The molecule has 0 unspecified atom stereocenters. The van der Waals surface area contributed by atoms with Crippen LogP contribution >= 0.6 is 27.3 Å². The van der Waals surface area contributed by atoms with E-state index in [4.69, 9.17) is 0 Å². The fraction of sp³-hybridized carbons (Fsp3) is 0.143. The highest BCUT2D eigenvalue weighted by Gasteiger charge is 2.17. The maximum atomic E-state index is 12.3. The molecule has 0 atom stereocenters. The number of benzene rings is 1. The highest BCUT2D eigenvalue weighted by molar-refractivity contribution is 9.10. The molecule has 1 aromatic heterocycles. The molecule has 104 valence electrons. The average Bonchev–Trinajstić information content (AvgIpc) is 2.88. The molecule has 0 saturated heterocycles. The van der Waals surface area contributed by atoms with Crippen molar-refractivity contribution >= 4 is 44.8 Å². The summed E-state index contributed by atoms with van der Waals surface area (Å²) in [4.78, 5) is 24.2. The monoisotopic (exact) mass is 353 g/mol. The zero-order valence-corrected chi connectivity index (χ0v) is 13.3. The SMILES string of the molecule is COC(=O)c1sccc1NC(=O)c1cc(Br)ccc1C. The molecule has 1 N–H and O–H groups in total. The summed E-state index contributed by atoms with van der Waals surface area (Å²) in [6, 6.07) is 7.15. The first-order valence-electron chi connectivity index (χ1n) is 5.76. The molecule has 6 heteroatoms. The van der Waals surface area contributed by atoms with Crippen LogP contribution in [-0.2, 0) is 4.74 Å². The zero-order valence-electron chi connectivity index (χ0n) is 10.9. The van der Waals surface area contributed by atoms with Crippen LogP contribution in [0.3, 0.4) is 0 Å². The van der Waals surface area contributed by atoms with Crippen molar-refractivity contribution in [3.8, 4) is 0 Å². The second-order valence-electron chi connectivity index (χ2n) is 4.07. The third-order valence-electron chi connectivity index (χ3n) is 2.73. The number of rotatable bonds is 3. The van der Waals surface area contributed by atoms with Crippen LogP contribution in [-0.4, -0.2) is 19.0 Å². The molecule has 1 amide bonds. The van der Waals surface area contributed by atoms with Crippen LogP contribution < -0.4 is 5.32 Å². The van der Waals surface area contributed by atoms with Gasteiger partial charge in [-0.25, -0.2) is 4.79 Å². The van der Waals surface area contributed by atoms with Gasteiger partial charge in [-0.05, 0) is 36.1 Å². The van der Waals surface area contributed by atoms with E-state index < -0.39 is 5.97 Å². The summed E-state index contributed by atoms with van der Waals surface area (Å²) in [6.07, 6.45) is 0. The molecule has 2 aromatic rings. The Kier molecular flexibility index (Phi) is 4.57. The minimum absolute atomic E-state index is 0.257. The van der Waals surface area contributed by atoms with Crippen molar-refractivity contribution in [3.05, 3.63) is 50.1 Å². The van der Waals surface area contributed by atoms with E-state index in [9.17, 15) is 9.59 Å². The average molecular weight is 354 g/mol. The third kappa shape index (κ3) is 3.08. The van der Waals surface area contributed by atoms with E-state index in [0.29, 0.717) is 16.1 Å². The molecule has 0 aliphatic rings. The van der Waals surface area contributed by atoms with Gasteiger partial charge in [0.05, 0.1) is 12.8 Å². The van der Waals surface area contributed by atoms with E-state index in [2.05, 4.69) is 26.0 Å². The standard InChI is InChI=1S/C14H12BrNO3S/c1-8-3-4-9(15)7-10(8)13(17)16-11-5-6-20-12(11)14(18)19-2/h3-7H,1-2H3,(H,16,17). The Bertz CT molecular complexity index is 666. The van der Waals surface area contributed by atoms with Gasteiger partial charge >= 0.3 is 5.97 Å². The molecule has 0 aliphatic heterocycles. The van der Waals surface area contributed by atoms with Crippen LogP contribution in [0.25, 0.3) is 0 Å². The van der Waals surface area contributed by atoms with Crippen molar-refractivity contribution in [1.82, 2.24) is 0 Å². The number of ether oxygens (including phenoxy) is 1. The summed E-state index contributed by atoms with van der Waals surface area (Å²) in [5, 5.41) is 4.47. The van der Waals surface area contributed by atoms with Gasteiger partial charge in [-0.3, -0.25) is 4.79 Å². The van der Waals surface area contributed by atoms with Crippen LogP contribution in [0.4, 0.5) is 5.69 Å². The summed E-state index contributed by atoms with van der Waals surface area (Å²) in [5.74, 6) is -0.714. The number of anilines is 1. The van der Waals surface area contributed by atoms with Crippen molar-refractivity contribution in [3.63, 3.8) is 0 Å². The molecule has 1 heterocycles. The van der Waals surface area contributed by atoms with Gasteiger partial charge in [0.1, 0.15) is 4.88 Å². The Morgan fingerprint density at radius 1 is 1.30 bits per heavy atom. The van der Waals surface area contributed by atoms with Gasteiger partial charge in [0.25, 0.3) is 5.91 Å². The lowest BCUT2D eigenvalue weighted by molar-refractivity contribution is 0.0607. The lowest BCUT2D eigenvalue weighted by Crippen LogP contribution is -2.15. The number of nitrogens with one attached hydrogen (secondary N) is 1. The number of amides is 1. The number of carbonyl (C=O) groups excluding carboxylic acids is 2. The minimum Gasteiger partial charge on any atom is -0.465 e.